The Morgan fingerprint density at radius 1 is 1.06 bits per heavy atom. The molecule has 3 aromatic carbocycles. The maximum absolute atomic E-state index is 12.7. The van der Waals surface area contributed by atoms with Crippen molar-refractivity contribution in [3.8, 4) is 5.75 Å². The highest BCUT2D eigenvalue weighted by molar-refractivity contribution is 7.89. The fraction of sp³-hybridized carbons (Fsp3) is 0.136. The van der Waals surface area contributed by atoms with Crippen molar-refractivity contribution in [1.82, 2.24) is 9.73 Å². The zero-order valence-electron chi connectivity index (χ0n) is 17.4. The van der Waals surface area contributed by atoms with Crippen molar-refractivity contribution in [2.75, 3.05) is 18.9 Å². The summed E-state index contributed by atoms with van der Waals surface area (Å²) in [5.41, 5.74) is 3.17. The standard InChI is InChI=1S/C22H22N4O5S/c1-15(27)24-17-8-10-18(11-9-17)32(30,31)26(2)14-22(29)25-23-13-20-19-6-4-3-5-16(19)7-12-21(20)28/h3-13,28H,14H2,1-2H3,(H,24,27)(H,25,29)/b23-13+. The maximum Gasteiger partial charge on any atom is 0.255 e. The summed E-state index contributed by atoms with van der Waals surface area (Å²) in [5, 5.41) is 18.2. The first-order valence-corrected chi connectivity index (χ1v) is 11.0. The van der Waals surface area contributed by atoms with Gasteiger partial charge in [0.05, 0.1) is 17.7 Å². The Kier molecular flexibility index (Phi) is 6.86. The molecule has 3 rings (SSSR count). The predicted octanol–water partition coefficient (Wildman–Crippen LogP) is 2.27. The van der Waals surface area contributed by atoms with Crippen LogP contribution in [-0.2, 0) is 19.6 Å². The van der Waals surface area contributed by atoms with Crippen LogP contribution in [-0.4, -0.2) is 49.5 Å². The molecule has 0 aliphatic rings. The molecule has 0 aliphatic heterocycles. The highest BCUT2D eigenvalue weighted by atomic mass is 32.2. The lowest BCUT2D eigenvalue weighted by Gasteiger charge is -2.16. The van der Waals surface area contributed by atoms with Crippen LogP contribution in [0.4, 0.5) is 5.69 Å². The number of carbonyl (C=O) groups excluding carboxylic acids is 2. The SMILES string of the molecule is CC(=O)Nc1ccc(S(=O)(=O)N(C)CC(=O)N/N=C/c2c(O)ccc3ccccc23)cc1. The van der Waals surface area contributed by atoms with E-state index >= 15 is 0 Å². The second kappa shape index (κ2) is 9.58. The molecule has 3 aromatic rings. The van der Waals surface area contributed by atoms with Crippen LogP contribution in [0, 0.1) is 0 Å². The van der Waals surface area contributed by atoms with Gasteiger partial charge in [-0.1, -0.05) is 30.3 Å². The fourth-order valence-corrected chi connectivity index (χ4v) is 4.13. The van der Waals surface area contributed by atoms with Gasteiger partial charge in [-0.05, 0) is 41.1 Å². The van der Waals surface area contributed by atoms with E-state index in [1.54, 1.807) is 6.07 Å². The largest absolute Gasteiger partial charge is 0.507 e. The molecule has 0 bridgehead atoms. The van der Waals surface area contributed by atoms with E-state index in [-0.39, 0.29) is 16.6 Å². The van der Waals surface area contributed by atoms with Crippen molar-refractivity contribution in [1.29, 1.82) is 0 Å². The quantitative estimate of drug-likeness (QED) is 0.373. The number of fused-ring (bicyclic) bond motifs is 1. The molecule has 0 heterocycles. The Balaban J connectivity index is 1.66. The summed E-state index contributed by atoms with van der Waals surface area (Å²) in [6, 6.07) is 16.3. The number of hydrazone groups is 1. The topological polar surface area (TPSA) is 128 Å². The summed E-state index contributed by atoms with van der Waals surface area (Å²) in [6.45, 7) is 0.885. The Bertz CT molecular complexity index is 1290. The van der Waals surface area contributed by atoms with Gasteiger partial charge in [-0.15, -0.1) is 0 Å². The summed E-state index contributed by atoms with van der Waals surface area (Å²) in [5.74, 6) is -0.919. The van der Waals surface area contributed by atoms with Crippen molar-refractivity contribution in [2.24, 2.45) is 5.10 Å². The third kappa shape index (κ3) is 5.29. The first-order chi connectivity index (χ1) is 15.2. The number of amides is 2. The van der Waals surface area contributed by atoms with E-state index in [1.807, 2.05) is 24.3 Å². The third-order valence-electron chi connectivity index (χ3n) is 4.58. The molecule has 10 heteroatoms. The number of carbonyl (C=O) groups is 2. The van der Waals surface area contributed by atoms with Crippen molar-refractivity contribution >= 4 is 44.5 Å². The van der Waals surface area contributed by atoms with Crippen LogP contribution in [0.25, 0.3) is 10.8 Å². The zero-order chi connectivity index (χ0) is 23.3. The molecular weight excluding hydrogens is 432 g/mol. The number of likely N-dealkylation sites (N-methyl/N-ethyl adjacent to an activating group) is 1. The summed E-state index contributed by atoms with van der Waals surface area (Å²) in [4.78, 5) is 23.3. The molecule has 32 heavy (non-hydrogen) atoms. The fourth-order valence-electron chi connectivity index (χ4n) is 3.00. The van der Waals surface area contributed by atoms with Crippen LogP contribution in [0.1, 0.15) is 12.5 Å². The minimum absolute atomic E-state index is 0.00380. The van der Waals surface area contributed by atoms with Crippen LogP contribution in [0.5, 0.6) is 5.75 Å². The highest BCUT2D eigenvalue weighted by Gasteiger charge is 2.23. The molecule has 0 atom stereocenters. The second-order valence-electron chi connectivity index (χ2n) is 6.98. The molecule has 0 saturated carbocycles. The first kappa shape index (κ1) is 22.9. The second-order valence-corrected chi connectivity index (χ2v) is 9.02. The number of rotatable bonds is 7. The third-order valence-corrected chi connectivity index (χ3v) is 6.40. The van der Waals surface area contributed by atoms with E-state index in [2.05, 4.69) is 15.8 Å². The summed E-state index contributed by atoms with van der Waals surface area (Å²) in [6.07, 6.45) is 1.31. The lowest BCUT2D eigenvalue weighted by Crippen LogP contribution is -2.36. The van der Waals surface area contributed by atoms with Crippen molar-refractivity contribution in [3.05, 3.63) is 66.2 Å². The number of hydrogen-bond donors (Lipinski definition) is 3. The smallest absolute Gasteiger partial charge is 0.255 e. The van der Waals surface area contributed by atoms with E-state index in [0.29, 0.717) is 11.3 Å². The van der Waals surface area contributed by atoms with E-state index in [4.69, 9.17) is 0 Å². The molecule has 0 unspecified atom stereocenters. The average molecular weight is 455 g/mol. The summed E-state index contributed by atoms with van der Waals surface area (Å²) < 4.78 is 26.2. The molecule has 166 valence electrons. The van der Waals surface area contributed by atoms with Crippen molar-refractivity contribution in [3.63, 3.8) is 0 Å². The van der Waals surface area contributed by atoms with Crippen LogP contribution < -0.4 is 10.7 Å². The van der Waals surface area contributed by atoms with Crippen molar-refractivity contribution < 1.29 is 23.1 Å². The molecule has 0 saturated heterocycles. The summed E-state index contributed by atoms with van der Waals surface area (Å²) >= 11 is 0. The monoisotopic (exact) mass is 454 g/mol. The number of nitrogens with zero attached hydrogens (tertiary/aromatic N) is 2. The number of aromatic hydroxyl groups is 1. The van der Waals surface area contributed by atoms with Gasteiger partial charge < -0.3 is 10.4 Å². The number of hydrogen-bond acceptors (Lipinski definition) is 6. The number of nitrogens with one attached hydrogen (secondary N) is 2. The number of anilines is 1. The van der Waals surface area contributed by atoms with Crippen molar-refractivity contribution in [2.45, 2.75) is 11.8 Å². The minimum atomic E-state index is -3.92. The van der Waals surface area contributed by atoms with Gasteiger partial charge in [0, 0.05) is 25.2 Å². The Labute approximate surface area is 185 Å². The highest BCUT2D eigenvalue weighted by Crippen LogP contribution is 2.25. The van der Waals surface area contributed by atoms with E-state index < -0.39 is 22.5 Å². The molecule has 0 fully saturated rings. The van der Waals surface area contributed by atoms with Gasteiger partial charge in [-0.2, -0.15) is 9.41 Å². The van der Waals surface area contributed by atoms with Gasteiger partial charge in [-0.3, -0.25) is 9.59 Å². The molecule has 0 radical (unpaired) electrons. The number of sulfonamides is 1. The molecule has 0 aromatic heterocycles. The van der Waals surface area contributed by atoms with Gasteiger partial charge in [0.1, 0.15) is 5.75 Å². The molecule has 0 aliphatic carbocycles. The van der Waals surface area contributed by atoms with Crippen LogP contribution in [0.15, 0.2) is 70.7 Å². The average Bonchev–Trinajstić information content (AvgIpc) is 2.75. The lowest BCUT2D eigenvalue weighted by atomic mass is 10.0. The molecule has 9 nitrogen and oxygen atoms in total. The van der Waals surface area contributed by atoms with Gasteiger partial charge in [0.2, 0.25) is 15.9 Å². The minimum Gasteiger partial charge on any atom is -0.507 e. The lowest BCUT2D eigenvalue weighted by molar-refractivity contribution is -0.121. The van der Waals surface area contributed by atoms with Crippen LogP contribution in [0.3, 0.4) is 0 Å². The maximum atomic E-state index is 12.7. The Morgan fingerprint density at radius 2 is 1.75 bits per heavy atom. The Morgan fingerprint density at radius 3 is 2.44 bits per heavy atom. The number of phenolic OH excluding ortho intramolecular Hbond substituents is 1. The molecular formula is C22H22N4O5S. The molecule has 3 N–H and O–H groups in total. The predicted molar refractivity (Wildman–Crippen MR) is 122 cm³/mol. The van der Waals surface area contributed by atoms with Gasteiger partial charge in [-0.25, -0.2) is 13.8 Å². The van der Waals surface area contributed by atoms with Gasteiger partial charge in [0.15, 0.2) is 0 Å². The number of phenols is 1. The van der Waals surface area contributed by atoms with E-state index in [1.165, 1.54) is 50.5 Å². The van der Waals surface area contributed by atoms with Crippen LogP contribution in [0.2, 0.25) is 0 Å². The first-order valence-electron chi connectivity index (χ1n) is 9.55. The molecule has 0 spiro atoms. The normalized spacial score (nSPS) is 11.7. The number of benzene rings is 3. The molecule has 2 amide bonds. The van der Waals surface area contributed by atoms with E-state index in [9.17, 15) is 23.1 Å². The van der Waals surface area contributed by atoms with Gasteiger partial charge in [0.25, 0.3) is 5.91 Å². The zero-order valence-corrected chi connectivity index (χ0v) is 18.3. The van der Waals surface area contributed by atoms with E-state index in [0.717, 1.165) is 15.1 Å². The van der Waals surface area contributed by atoms with Gasteiger partial charge >= 0.3 is 0 Å². The Hall–Kier alpha value is -3.76. The van der Waals surface area contributed by atoms with Crippen LogP contribution >= 0.6 is 0 Å². The summed E-state index contributed by atoms with van der Waals surface area (Å²) in [7, 11) is -2.65.